The number of nitrogens with one attached hydrogen (secondary N) is 2. The molecule has 6 unspecified atom stereocenters. The maximum absolute atomic E-state index is 14.2. The Labute approximate surface area is 232 Å². The van der Waals surface area contributed by atoms with E-state index in [0.29, 0.717) is 12.8 Å². The Balaban J connectivity index is 1.50. The summed E-state index contributed by atoms with van der Waals surface area (Å²) in [5, 5.41) is 9.65. The van der Waals surface area contributed by atoms with Crippen molar-refractivity contribution in [2.45, 2.75) is 98.8 Å². The van der Waals surface area contributed by atoms with Crippen molar-refractivity contribution in [3.05, 3.63) is 23.3 Å². The molecule has 39 heavy (non-hydrogen) atoms. The normalized spacial score (nSPS) is 40.4. The van der Waals surface area contributed by atoms with Gasteiger partial charge in [-0.05, 0) is 91.4 Å². The molecule has 0 radical (unpaired) electrons. The van der Waals surface area contributed by atoms with Crippen LogP contribution in [0.15, 0.2) is 23.3 Å². The third-order valence-corrected chi connectivity index (χ3v) is 11.7. The first-order valence-corrected chi connectivity index (χ1v) is 14.7. The highest BCUT2D eigenvalue weighted by molar-refractivity contribution is 6.01. The average molecular weight is 534 g/mol. The van der Waals surface area contributed by atoms with Crippen LogP contribution in [0.3, 0.4) is 0 Å². The summed E-state index contributed by atoms with van der Waals surface area (Å²) in [5.74, 6) is 0.127. The zero-order valence-electron chi connectivity index (χ0n) is 24.1. The minimum Gasteiger partial charge on any atom is -0.295 e. The van der Waals surface area contributed by atoms with Crippen molar-refractivity contribution in [2.75, 3.05) is 0 Å². The fraction of sp³-hybridized carbons (Fsp3) is 0.719. The molecule has 0 aromatic carbocycles. The van der Waals surface area contributed by atoms with Crippen LogP contribution < -0.4 is 10.9 Å². The highest BCUT2D eigenvalue weighted by Gasteiger charge is 2.63. The second-order valence-corrected chi connectivity index (χ2v) is 14.4. The van der Waals surface area contributed by atoms with Crippen molar-refractivity contribution in [2.24, 2.45) is 45.3 Å². The molecule has 5 aliphatic rings. The van der Waals surface area contributed by atoms with Gasteiger partial charge in [0.2, 0.25) is 11.8 Å². The summed E-state index contributed by atoms with van der Waals surface area (Å²) < 4.78 is 0. The Morgan fingerprint density at radius 2 is 1.77 bits per heavy atom. The summed E-state index contributed by atoms with van der Waals surface area (Å²) in [7, 11) is 0. The van der Waals surface area contributed by atoms with Crippen molar-refractivity contribution < 1.29 is 19.2 Å². The molecule has 0 aromatic heterocycles. The van der Waals surface area contributed by atoms with Gasteiger partial charge in [-0.25, -0.2) is 0 Å². The highest BCUT2D eigenvalue weighted by Crippen LogP contribution is 2.69. The molecule has 7 heteroatoms. The van der Waals surface area contributed by atoms with Crippen molar-refractivity contribution in [1.82, 2.24) is 10.9 Å². The molecular weight excluding hydrogens is 490 g/mol. The molecule has 2 amide bonds. The van der Waals surface area contributed by atoms with Crippen LogP contribution in [0.5, 0.6) is 0 Å². The van der Waals surface area contributed by atoms with E-state index in [1.807, 2.05) is 12.2 Å². The minimum atomic E-state index is -0.450. The molecule has 0 aliphatic heterocycles. The Kier molecular flexibility index (Phi) is 6.72. The number of carbonyl (C=O) groups is 4. The van der Waals surface area contributed by atoms with Gasteiger partial charge >= 0.3 is 0 Å². The predicted molar refractivity (Wildman–Crippen MR) is 146 cm³/mol. The van der Waals surface area contributed by atoms with Gasteiger partial charge < -0.3 is 0 Å². The highest BCUT2D eigenvalue weighted by atomic mass is 16.2. The molecule has 3 fully saturated rings. The second kappa shape index (κ2) is 9.42. The number of ketones is 2. The maximum atomic E-state index is 14.2. The monoisotopic (exact) mass is 533 g/mol. The molecular formula is C32H43N3O4. The van der Waals surface area contributed by atoms with E-state index in [2.05, 4.69) is 44.6 Å². The van der Waals surface area contributed by atoms with Crippen molar-refractivity contribution in [3.63, 3.8) is 0 Å². The number of hydrazine groups is 1. The van der Waals surface area contributed by atoms with Gasteiger partial charge in [-0.15, -0.1) is 0 Å². The molecule has 5 rings (SSSR count). The number of nitrogens with zero attached hydrogens (tertiary/aromatic N) is 1. The van der Waals surface area contributed by atoms with Crippen LogP contribution >= 0.6 is 0 Å². The van der Waals surface area contributed by atoms with Crippen molar-refractivity contribution in [1.29, 1.82) is 5.26 Å². The van der Waals surface area contributed by atoms with Gasteiger partial charge in [0.1, 0.15) is 6.07 Å². The average Bonchev–Trinajstić information content (AvgIpc) is 2.87. The van der Waals surface area contributed by atoms with Crippen LogP contribution in [-0.2, 0) is 19.2 Å². The lowest BCUT2D eigenvalue weighted by molar-refractivity contribution is -0.147. The zero-order chi connectivity index (χ0) is 28.4. The predicted octanol–water partition coefficient (Wildman–Crippen LogP) is 5.13. The van der Waals surface area contributed by atoms with Gasteiger partial charge in [-0.3, -0.25) is 30.0 Å². The summed E-state index contributed by atoms with van der Waals surface area (Å²) in [4.78, 5) is 50.6. The number of rotatable bonds is 3. The number of hydrogen-bond donors (Lipinski definition) is 2. The smallest absolute Gasteiger partial charge is 0.238 e. The van der Waals surface area contributed by atoms with E-state index >= 15 is 0 Å². The fourth-order valence-corrected chi connectivity index (χ4v) is 9.54. The van der Waals surface area contributed by atoms with E-state index in [1.54, 1.807) is 0 Å². The standard InChI is InChI=1S/C32H43N3O4/c1-19(36)34-35-27(39)8-11-32-10-7-22-28(23(32)17-29(2,3)12-13-32)25(38)15-26-30(22,4)9-6-21-14-24(37)20(18-33)16-31(21,26)5/h15-16,21-23,28H,6-14,17H2,1-5H3,(H,34,36)(H,35,39)/t21?,22?,23?,28?,30?,31?,32-/m1/s1. The van der Waals surface area contributed by atoms with Gasteiger partial charge in [0.15, 0.2) is 11.6 Å². The zero-order valence-corrected chi connectivity index (χ0v) is 24.1. The van der Waals surface area contributed by atoms with E-state index < -0.39 is 5.41 Å². The number of allylic oxidation sites excluding steroid dienone is 4. The van der Waals surface area contributed by atoms with Crippen LogP contribution in [0.2, 0.25) is 0 Å². The number of nitriles is 1. The Morgan fingerprint density at radius 3 is 2.46 bits per heavy atom. The van der Waals surface area contributed by atoms with E-state index in [9.17, 15) is 24.4 Å². The van der Waals surface area contributed by atoms with Crippen LogP contribution in [0, 0.1) is 56.7 Å². The van der Waals surface area contributed by atoms with Gasteiger partial charge in [0.25, 0.3) is 0 Å². The van der Waals surface area contributed by atoms with Crippen LogP contribution in [0.1, 0.15) is 98.8 Å². The Hall–Kier alpha value is -2.75. The Bertz CT molecular complexity index is 1220. The van der Waals surface area contributed by atoms with E-state index in [-0.39, 0.29) is 68.9 Å². The maximum Gasteiger partial charge on any atom is 0.238 e. The summed E-state index contributed by atoms with van der Waals surface area (Å²) in [6.07, 6.45) is 12.1. The lowest BCUT2D eigenvalue weighted by Gasteiger charge is -2.64. The SMILES string of the molecule is CC(=O)NNC(=O)CC[C@@]12CCC3C(C(=O)C=C4C5(C)C=C(C#N)C(=O)CC5CCC43C)C1CC(C)(C)CC2. The molecule has 0 bridgehead atoms. The first kappa shape index (κ1) is 27.8. The van der Waals surface area contributed by atoms with E-state index in [0.717, 1.165) is 56.9 Å². The summed E-state index contributed by atoms with van der Waals surface area (Å²) in [6, 6.07) is 2.12. The van der Waals surface area contributed by atoms with Gasteiger partial charge in [0, 0.05) is 31.1 Å². The Morgan fingerprint density at radius 1 is 1.03 bits per heavy atom. The molecule has 0 spiro atoms. The quantitative estimate of drug-likeness (QED) is 0.488. The van der Waals surface area contributed by atoms with Crippen LogP contribution in [0.25, 0.3) is 0 Å². The number of carbonyl (C=O) groups excluding carboxylic acids is 4. The summed E-state index contributed by atoms with van der Waals surface area (Å²) >= 11 is 0. The molecule has 5 aliphatic carbocycles. The molecule has 7 nitrogen and oxygen atoms in total. The largest absolute Gasteiger partial charge is 0.295 e. The molecule has 0 heterocycles. The molecule has 0 aromatic rings. The minimum absolute atomic E-state index is 0.0617. The third-order valence-electron chi connectivity index (χ3n) is 11.7. The summed E-state index contributed by atoms with van der Waals surface area (Å²) in [5.41, 5.74) is 5.75. The lowest BCUT2D eigenvalue weighted by atomic mass is 9.39. The van der Waals surface area contributed by atoms with Gasteiger partial charge in [-0.1, -0.05) is 39.3 Å². The topological polar surface area (TPSA) is 116 Å². The van der Waals surface area contributed by atoms with Crippen molar-refractivity contribution >= 4 is 23.4 Å². The van der Waals surface area contributed by atoms with Crippen molar-refractivity contribution in [3.8, 4) is 6.07 Å². The first-order chi connectivity index (χ1) is 18.2. The molecule has 3 saturated carbocycles. The summed E-state index contributed by atoms with van der Waals surface area (Å²) in [6.45, 7) is 10.5. The number of hydrogen-bond acceptors (Lipinski definition) is 5. The lowest BCUT2D eigenvalue weighted by Crippen LogP contribution is -2.59. The van der Waals surface area contributed by atoms with Gasteiger partial charge in [-0.2, -0.15) is 5.26 Å². The van der Waals surface area contributed by atoms with E-state index in [4.69, 9.17) is 0 Å². The van der Waals surface area contributed by atoms with E-state index in [1.165, 1.54) is 6.92 Å². The molecule has 0 saturated heterocycles. The second-order valence-electron chi connectivity index (χ2n) is 14.4. The first-order valence-electron chi connectivity index (χ1n) is 14.7. The number of Topliss-reactive ketones (excluding diaryl/α,β-unsaturated/α-hetero) is 1. The van der Waals surface area contributed by atoms with Crippen LogP contribution in [0.4, 0.5) is 0 Å². The number of amides is 2. The molecule has 7 atom stereocenters. The van der Waals surface area contributed by atoms with Gasteiger partial charge in [0.05, 0.1) is 5.57 Å². The molecule has 210 valence electrons. The third kappa shape index (κ3) is 4.48. The number of fused-ring (bicyclic) bond motifs is 7. The fourth-order valence-electron chi connectivity index (χ4n) is 9.54. The molecule has 2 N–H and O–H groups in total. The van der Waals surface area contributed by atoms with Crippen LogP contribution in [-0.4, -0.2) is 23.4 Å².